The zero-order valence-corrected chi connectivity index (χ0v) is 15.7. The molecule has 4 N–H and O–H groups in total. The van der Waals surface area contributed by atoms with E-state index in [-0.39, 0.29) is 17.7 Å². The van der Waals surface area contributed by atoms with Crippen LogP contribution in [0.15, 0.2) is 48.5 Å². The average Bonchev–Trinajstić information content (AvgIpc) is 2.55. The van der Waals surface area contributed by atoms with Crippen LogP contribution >= 0.6 is 23.2 Å². The van der Waals surface area contributed by atoms with Gasteiger partial charge in [0.2, 0.25) is 0 Å². The van der Waals surface area contributed by atoms with Crippen molar-refractivity contribution in [3.8, 4) is 0 Å². The molecule has 2 rings (SSSR count). The first-order valence-electron chi connectivity index (χ1n) is 7.27. The van der Waals surface area contributed by atoms with Gasteiger partial charge in [-0.3, -0.25) is 0 Å². The highest BCUT2D eigenvalue weighted by atomic mass is 35.5. The maximum atomic E-state index is 10.3. The Morgan fingerprint density at radius 1 is 0.885 bits per heavy atom. The molecule has 0 atom stereocenters. The van der Waals surface area contributed by atoms with Crippen LogP contribution in [0.1, 0.15) is 34.6 Å². The first kappa shape index (κ1) is 23.9. The van der Waals surface area contributed by atoms with Crippen molar-refractivity contribution in [1.29, 1.82) is 0 Å². The number of rotatable bonds is 3. The molecule has 142 valence electrons. The lowest BCUT2D eigenvalue weighted by Gasteiger charge is -2.10. The summed E-state index contributed by atoms with van der Waals surface area (Å²) in [6.07, 6.45) is 0. The van der Waals surface area contributed by atoms with Crippen molar-refractivity contribution in [3.63, 3.8) is 0 Å². The Labute approximate surface area is 161 Å². The van der Waals surface area contributed by atoms with Gasteiger partial charge in [-0.15, -0.1) is 0 Å². The predicted molar refractivity (Wildman–Crippen MR) is 100 cm³/mol. The van der Waals surface area contributed by atoms with E-state index in [1.165, 1.54) is 24.3 Å². The summed E-state index contributed by atoms with van der Waals surface area (Å²) in [5.74, 6) is -1.91. The minimum Gasteiger partial charge on any atom is -0.478 e. The third-order valence-electron chi connectivity index (χ3n) is 2.53. The molecule has 0 aliphatic carbocycles. The summed E-state index contributed by atoms with van der Waals surface area (Å²) in [7, 11) is 0. The number of aliphatic hydroxyl groups excluding tert-OH is 1. The van der Waals surface area contributed by atoms with Gasteiger partial charge in [-0.25, -0.2) is 9.59 Å². The quantitative estimate of drug-likeness (QED) is 0.619. The average molecular weight is 403 g/mol. The SMILES string of the molecule is CC(C)(O)CO.O=C(O)c1cccc(Cl)c1.O=C(O)c1cccc(Cl)c1. The summed E-state index contributed by atoms with van der Waals surface area (Å²) >= 11 is 11.1. The van der Waals surface area contributed by atoms with E-state index in [9.17, 15) is 9.59 Å². The summed E-state index contributed by atoms with van der Waals surface area (Å²) < 4.78 is 0. The van der Waals surface area contributed by atoms with Crippen LogP contribution in [0.25, 0.3) is 0 Å². The van der Waals surface area contributed by atoms with Crippen LogP contribution in [0.3, 0.4) is 0 Å². The lowest BCUT2D eigenvalue weighted by Crippen LogP contribution is -2.23. The second kappa shape index (κ2) is 11.5. The molecule has 2 aromatic carbocycles. The number of hydrogen-bond acceptors (Lipinski definition) is 4. The van der Waals surface area contributed by atoms with Crippen molar-refractivity contribution >= 4 is 35.1 Å². The lowest BCUT2D eigenvalue weighted by molar-refractivity contribution is 0.0183. The van der Waals surface area contributed by atoms with Crippen molar-refractivity contribution in [2.24, 2.45) is 0 Å². The normalized spacial score (nSPS) is 9.92. The number of benzene rings is 2. The fraction of sp³-hybridized carbons (Fsp3) is 0.222. The largest absolute Gasteiger partial charge is 0.478 e. The summed E-state index contributed by atoms with van der Waals surface area (Å²) in [4.78, 5) is 20.6. The van der Waals surface area contributed by atoms with Crippen LogP contribution < -0.4 is 0 Å². The molecule has 0 radical (unpaired) electrons. The molecule has 0 fully saturated rings. The van der Waals surface area contributed by atoms with Crippen LogP contribution in [0, 0.1) is 0 Å². The number of carboxylic acids is 2. The van der Waals surface area contributed by atoms with E-state index in [0.29, 0.717) is 10.0 Å². The van der Waals surface area contributed by atoms with Gasteiger partial charge in [0.15, 0.2) is 0 Å². The van der Waals surface area contributed by atoms with E-state index in [2.05, 4.69) is 0 Å². The van der Waals surface area contributed by atoms with Gasteiger partial charge in [0, 0.05) is 10.0 Å². The highest BCUT2D eigenvalue weighted by Crippen LogP contribution is 2.10. The molecule has 26 heavy (non-hydrogen) atoms. The number of hydrogen-bond donors (Lipinski definition) is 4. The maximum absolute atomic E-state index is 10.3. The number of carbonyl (C=O) groups is 2. The van der Waals surface area contributed by atoms with Gasteiger partial charge in [0.05, 0.1) is 23.3 Å². The Balaban J connectivity index is 0.000000375. The van der Waals surface area contributed by atoms with Gasteiger partial charge in [-0.1, -0.05) is 35.3 Å². The summed E-state index contributed by atoms with van der Waals surface area (Å²) in [5, 5.41) is 34.5. The van der Waals surface area contributed by atoms with Gasteiger partial charge in [0.25, 0.3) is 0 Å². The Bertz CT molecular complexity index is 670. The second-order valence-corrected chi connectivity index (χ2v) is 6.47. The predicted octanol–water partition coefficient (Wildman–Crippen LogP) is 3.83. The molecule has 2 aromatic rings. The Hall–Kier alpha value is -2.12. The summed E-state index contributed by atoms with van der Waals surface area (Å²) in [6.45, 7) is 2.92. The van der Waals surface area contributed by atoms with Crippen LogP contribution in [0.4, 0.5) is 0 Å². The van der Waals surface area contributed by atoms with Crippen LogP contribution in [0.5, 0.6) is 0 Å². The van der Waals surface area contributed by atoms with Crippen molar-refractivity contribution in [1.82, 2.24) is 0 Å². The monoisotopic (exact) mass is 402 g/mol. The minimum atomic E-state index is -0.956. The Kier molecular flexibility index (Phi) is 10.6. The molecule has 0 unspecified atom stereocenters. The van der Waals surface area contributed by atoms with E-state index < -0.39 is 17.5 Å². The van der Waals surface area contributed by atoms with Crippen molar-refractivity contribution < 1.29 is 30.0 Å². The minimum absolute atomic E-state index is 0.174. The van der Waals surface area contributed by atoms with Crippen molar-refractivity contribution in [3.05, 3.63) is 69.7 Å². The van der Waals surface area contributed by atoms with E-state index in [1.807, 2.05) is 0 Å². The van der Waals surface area contributed by atoms with Crippen molar-refractivity contribution in [2.75, 3.05) is 6.61 Å². The molecule has 0 heterocycles. The molecule has 0 aromatic heterocycles. The van der Waals surface area contributed by atoms with Crippen LogP contribution in [0.2, 0.25) is 10.0 Å². The Morgan fingerprint density at radius 2 is 1.19 bits per heavy atom. The molecule has 0 spiro atoms. The topological polar surface area (TPSA) is 115 Å². The van der Waals surface area contributed by atoms with E-state index >= 15 is 0 Å². The first-order valence-corrected chi connectivity index (χ1v) is 8.03. The highest BCUT2D eigenvalue weighted by molar-refractivity contribution is 6.31. The van der Waals surface area contributed by atoms with Gasteiger partial charge >= 0.3 is 11.9 Å². The number of halogens is 2. The summed E-state index contributed by atoms with van der Waals surface area (Å²) in [5.41, 5.74) is -0.472. The smallest absolute Gasteiger partial charge is 0.335 e. The molecule has 0 aliphatic rings. The van der Waals surface area contributed by atoms with E-state index in [1.54, 1.807) is 38.1 Å². The molecule has 6 nitrogen and oxygen atoms in total. The molecule has 0 bridgehead atoms. The van der Waals surface area contributed by atoms with Gasteiger partial charge in [-0.05, 0) is 50.2 Å². The standard InChI is InChI=1S/2C7H5ClO2.C4H10O2/c2*8-6-3-1-2-5(4-6)7(9)10;1-4(2,6)3-5/h2*1-4H,(H,9,10);5-6H,3H2,1-2H3. The van der Waals surface area contributed by atoms with Gasteiger partial charge in [-0.2, -0.15) is 0 Å². The van der Waals surface area contributed by atoms with Crippen LogP contribution in [-0.2, 0) is 0 Å². The molecular weight excluding hydrogens is 383 g/mol. The number of aromatic carboxylic acids is 2. The van der Waals surface area contributed by atoms with Gasteiger partial charge < -0.3 is 20.4 Å². The highest BCUT2D eigenvalue weighted by Gasteiger charge is 2.07. The Morgan fingerprint density at radius 3 is 1.35 bits per heavy atom. The third-order valence-corrected chi connectivity index (χ3v) is 3.00. The molecular formula is C18H20Cl2O6. The number of aliphatic hydroxyl groups is 2. The molecule has 0 saturated carbocycles. The van der Waals surface area contributed by atoms with E-state index in [0.717, 1.165) is 0 Å². The molecule has 0 aliphatic heterocycles. The zero-order valence-electron chi connectivity index (χ0n) is 14.2. The zero-order chi connectivity index (χ0) is 20.3. The number of carboxylic acid groups (broad SMARTS) is 2. The van der Waals surface area contributed by atoms with Crippen LogP contribution in [-0.4, -0.2) is 44.6 Å². The molecule has 8 heteroatoms. The summed E-state index contributed by atoms with van der Waals surface area (Å²) in [6, 6.07) is 12.3. The second-order valence-electron chi connectivity index (χ2n) is 5.60. The van der Waals surface area contributed by atoms with Crippen molar-refractivity contribution in [2.45, 2.75) is 19.4 Å². The fourth-order valence-corrected chi connectivity index (χ4v) is 1.62. The third kappa shape index (κ3) is 11.4. The lowest BCUT2D eigenvalue weighted by atomic mass is 10.2. The fourth-order valence-electron chi connectivity index (χ4n) is 1.24. The maximum Gasteiger partial charge on any atom is 0.335 e. The first-order chi connectivity index (χ1) is 12.0. The van der Waals surface area contributed by atoms with Gasteiger partial charge in [0.1, 0.15) is 0 Å². The molecule has 0 amide bonds. The molecule has 0 saturated heterocycles. The van der Waals surface area contributed by atoms with E-state index in [4.69, 9.17) is 43.6 Å².